The number of nitrogens with one attached hydrogen (secondary N) is 1. The molecular weight excluding hydrogens is 324 g/mol. The van der Waals surface area contributed by atoms with Gasteiger partial charge >= 0.3 is 0 Å². The number of hydrogen-bond acceptors (Lipinski definition) is 4. The van der Waals surface area contributed by atoms with E-state index in [1.54, 1.807) is 23.6 Å². The van der Waals surface area contributed by atoms with Crippen molar-refractivity contribution in [1.82, 2.24) is 4.57 Å². The Labute approximate surface area is 143 Å². The first-order valence-electron chi connectivity index (χ1n) is 7.80. The van der Waals surface area contributed by atoms with Gasteiger partial charge in [0.1, 0.15) is 5.56 Å². The van der Waals surface area contributed by atoms with Crippen LogP contribution in [0.2, 0.25) is 0 Å². The van der Waals surface area contributed by atoms with Crippen LogP contribution in [-0.2, 0) is 13.0 Å². The highest BCUT2D eigenvalue weighted by Crippen LogP contribution is 2.31. The van der Waals surface area contributed by atoms with Crippen molar-refractivity contribution in [2.45, 2.75) is 26.8 Å². The van der Waals surface area contributed by atoms with Gasteiger partial charge in [0.2, 0.25) is 0 Å². The van der Waals surface area contributed by atoms with Crippen LogP contribution in [-0.4, -0.2) is 15.6 Å². The van der Waals surface area contributed by atoms with E-state index in [2.05, 4.69) is 12.2 Å². The van der Waals surface area contributed by atoms with Gasteiger partial charge in [0.25, 0.3) is 11.5 Å². The van der Waals surface area contributed by atoms with E-state index in [1.807, 2.05) is 19.1 Å². The maximum absolute atomic E-state index is 12.6. The summed E-state index contributed by atoms with van der Waals surface area (Å²) in [5.41, 5.74) is 1.69. The third kappa shape index (κ3) is 2.69. The number of aryl methyl sites for hydroxylation is 2. The molecule has 0 aliphatic heterocycles. The topological polar surface area (TPSA) is 71.3 Å². The Morgan fingerprint density at radius 2 is 1.92 bits per heavy atom. The molecule has 3 aromatic rings. The molecule has 2 aromatic heterocycles. The Kier molecular flexibility index (Phi) is 4.40. The maximum atomic E-state index is 12.6. The van der Waals surface area contributed by atoms with E-state index in [0.717, 1.165) is 12.0 Å². The van der Waals surface area contributed by atoms with E-state index in [-0.39, 0.29) is 11.3 Å². The number of hydrogen-bond donors (Lipinski definition) is 2. The second-order valence-electron chi connectivity index (χ2n) is 5.41. The molecule has 124 valence electrons. The summed E-state index contributed by atoms with van der Waals surface area (Å²) in [6, 6.07) is 9.19. The van der Waals surface area contributed by atoms with Crippen molar-refractivity contribution >= 4 is 33.1 Å². The number of rotatable bonds is 4. The first-order chi connectivity index (χ1) is 11.6. The molecule has 3 rings (SSSR count). The minimum Gasteiger partial charge on any atom is -0.505 e. The lowest BCUT2D eigenvalue weighted by atomic mass is 10.1. The summed E-state index contributed by atoms with van der Waals surface area (Å²) in [5.74, 6) is -0.850. The standard InChI is InChI=1S/C18H18N2O3S/c1-3-11-5-7-12(8-6-11)19-17(22)14-15(21)16-13(9-10-24-16)20(4-2)18(14)23/h5-10,21H,3-4H2,1-2H3,(H,19,22). The number of carbonyl (C=O) groups is 1. The summed E-state index contributed by atoms with van der Waals surface area (Å²) >= 11 is 1.31. The average molecular weight is 342 g/mol. The van der Waals surface area contributed by atoms with Crippen LogP contribution in [0.5, 0.6) is 5.75 Å². The van der Waals surface area contributed by atoms with Crippen LogP contribution < -0.4 is 10.9 Å². The Hall–Kier alpha value is -2.60. The van der Waals surface area contributed by atoms with Crippen molar-refractivity contribution in [1.29, 1.82) is 0 Å². The van der Waals surface area contributed by atoms with Crippen LogP contribution in [0.1, 0.15) is 29.8 Å². The summed E-state index contributed by atoms with van der Waals surface area (Å²) < 4.78 is 2.05. The molecule has 0 radical (unpaired) electrons. The molecule has 6 heteroatoms. The first kappa shape index (κ1) is 16.3. The lowest BCUT2D eigenvalue weighted by Gasteiger charge is -2.11. The molecule has 2 N–H and O–H groups in total. The van der Waals surface area contributed by atoms with Crippen LogP contribution >= 0.6 is 11.3 Å². The van der Waals surface area contributed by atoms with Crippen molar-refractivity contribution in [2.75, 3.05) is 5.32 Å². The second kappa shape index (κ2) is 6.49. The quantitative estimate of drug-likeness (QED) is 0.761. The molecule has 2 heterocycles. The van der Waals surface area contributed by atoms with Crippen LogP contribution in [0.15, 0.2) is 40.5 Å². The van der Waals surface area contributed by atoms with E-state index >= 15 is 0 Å². The van der Waals surface area contributed by atoms with Gasteiger partial charge in [-0.25, -0.2) is 0 Å². The molecule has 0 aliphatic rings. The zero-order valence-electron chi connectivity index (χ0n) is 13.5. The summed E-state index contributed by atoms with van der Waals surface area (Å²) in [7, 11) is 0. The number of aromatic hydroxyl groups is 1. The minimum atomic E-state index is -0.598. The summed E-state index contributed by atoms with van der Waals surface area (Å²) in [5, 5.41) is 14.9. The van der Waals surface area contributed by atoms with Gasteiger partial charge in [-0.3, -0.25) is 9.59 Å². The van der Waals surface area contributed by atoms with Gasteiger partial charge in [0.05, 0.1) is 10.2 Å². The molecule has 1 amide bonds. The number of aromatic nitrogens is 1. The van der Waals surface area contributed by atoms with Gasteiger partial charge in [-0.2, -0.15) is 0 Å². The van der Waals surface area contributed by atoms with Gasteiger partial charge in [-0.05, 0) is 42.5 Å². The summed E-state index contributed by atoms with van der Waals surface area (Å²) in [4.78, 5) is 25.2. The fourth-order valence-corrected chi connectivity index (χ4v) is 3.53. The largest absolute Gasteiger partial charge is 0.505 e. The van der Waals surface area contributed by atoms with Gasteiger partial charge in [-0.15, -0.1) is 11.3 Å². The molecule has 0 atom stereocenters. The molecule has 0 unspecified atom stereocenters. The molecular formula is C18H18N2O3S. The van der Waals surface area contributed by atoms with E-state index in [0.29, 0.717) is 22.4 Å². The van der Waals surface area contributed by atoms with Crippen LogP contribution in [0.3, 0.4) is 0 Å². The normalized spacial score (nSPS) is 10.9. The third-order valence-electron chi connectivity index (χ3n) is 4.01. The zero-order chi connectivity index (χ0) is 17.3. The van der Waals surface area contributed by atoms with Crippen molar-refractivity contribution in [3.05, 3.63) is 57.2 Å². The molecule has 0 fully saturated rings. The number of anilines is 1. The van der Waals surface area contributed by atoms with Crippen LogP contribution in [0.25, 0.3) is 10.2 Å². The smallest absolute Gasteiger partial charge is 0.267 e. The minimum absolute atomic E-state index is 0.216. The van der Waals surface area contributed by atoms with Crippen molar-refractivity contribution < 1.29 is 9.90 Å². The predicted molar refractivity (Wildman–Crippen MR) is 97.2 cm³/mol. The number of thiophene rings is 1. The highest BCUT2D eigenvalue weighted by molar-refractivity contribution is 7.17. The summed E-state index contributed by atoms with van der Waals surface area (Å²) in [6.07, 6.45) is 0.908. The fourth-order valence-electron chi connectivity index (χ4n) is 2.69. The lowest BCUT2D eigenvalue weighted by molar-refractivity contribution is 0.102. The number of fused-ring (bicyclic) bond motifs is 1. The lowest BCUT2D eigenvalue weighted by Crippen LogP contribution is -2.29. The molecule has 0 saturated heterocycles. The molecule has 0 aliphatic carbocycles. The molecule has 0 spiro atoms. The number of carbonyl (C=O) groups excluding carboxylic acids is 1. The Morgan fingerprint density at radius 3 is 2.54 bits per heavy atom. The van der Waals surface area contributed by atoms with E-state index in [9.17, 15) is 14.7 Å². The van der Waals surface area contributed by atoms with Gasteiger partial charge in [0, 0.05) is 12.2 Å². The Morgan fingerprint density at radius 1 is 1.21 bits per heavy atom. The number of amides is 1. The van der Waals surface area contributed by atoms with E-state index in [4.69, 9.17) is 0 Å². The Bertz CT molecular complexity index is 955. The number of benzene rings is 1. The number of pyridine rings is 1. The van der Waals surface area contributed by atoms with E-state index < -0.39 is 11.5 Å². The van der Waals surface area contributed by atoms with Gasteiger partial charge < -0.3 is 15.0 Å². The first-order valence-corrected chi connectivity index (χ1v) is 8.68. The molecule has 1 aromatic carbocycles. The zero-order valence-corrected chi connectivity index (χ0v) is 14.3. The molecule has 5 nitrogen and oxygen atoms in total. The van der Waals surface area contributed by atoms with E-state index in [1.165, 1.54) is 15.9 Å². The molecule has 24 heavy (non-hydrogen) atoms. The highest BCUT2D eigenvalue weighted by atomic mass is 32.1. The van der Waals surface area contributed by atoms with Crippen molar-refractivity contribution in [3.63, 3.8) is 0 Å². The summed E-state index contributed by atoms with van der Waals surface area (Å²) in [6.45, 7) is 4.31. The molecule has 0 bridgehead atoms. The SMILES string of the molecule is CCc1ccc(NC(=O)c2c(O)c3sccc3n(CC)c2=O)cc1. The second-order valence-corrected chi connectivity index (χ2v) is 6.33. The fraction of sp³-hybridized carbons (Fsp3) is 0.222. The number of nitrogens with zero attached hydrogens (tertiary/aromatic N) is 1. The van der Waals surface area contributed by atoms with Gasteiger partial charge in [0.15, 0.2) is 5.75 Å². The van der Waals surface area contributed by atoms with Crippen molar-refractivity contribution in [3.8, 4) is 5.75 Å². The third-order valence-corrected chi connectivity index (χ3v) is 4.92. The van der Waals surface area contributed by atoms with Gasteiger partial charge in [-0.1, -0.05) is 19.1 Å². The predicted octanol–water partition coefficient (Wildman–Crippen LogP) is 3.60. The average Bonchev–Trinajstić information content (AvgIpc) is 3.06. The Balaban J connectivity index is 2.04. The highest BCUT2D eigenvalue weighted by Gasteiger charge is 2.22. The monoisotopic (exact) mass is 342 g/mol. The van der Waals surface area contributed by atoms with Crippen LogP contribution in [0, 0.1) is 0 Å². The van der Waals surface area contributed by atoms with Crippen LogP contribution in [0.4, 0.5) is 5.69 Å². The van der Waals surface area contributed by atoms with Crippen molar-refractivity contribution in [2.24, 2.45) is 0 Å². The molecule has 0 saturated carbocycles. The maximum Gasteiger partial charge on any atom is 0.267 e.